The first kappa shape index (κ1) is 30.0. The average Bonchev–Trinajstić information content (AvgIpc) is 3.65. The van der Waals surface area contributed by atoms with Gasteiger partial charge in [0.05, 0.1) is 39.0 Å². The van der Waals surface area contributed by atoms with E-state index in [0.29, 0.717) is 17.9 Å². The normalized spacial score (nSPS) is 49.6. The summed E-state index contributed by atoms with van der Waals surface area (Å²) in [5.41, 5.74) is 0.341. The van der Waals surface area contributed by atoms with E-state index in [4.69, 9.17) is 9.47 Å². The molecule has 3 aliphatic heterocycles. The van der Waals surface area contributed by atoms with Crippen LogP contribution in [0.3, 0.4) is 0 Å². The molecule has 7 heteroatoms. The van der Waals surface area contributed by atoms with Crippen molar-refractivity contribution in [2.45, 2.75) is 115 Å². The summed E-state index contributed by atoms with van der Waals surface area (Å²) in [7, 11) is 0. The topological polar surface area (TPSA) is 62.2 Å². The van der Waals surface area contributed by atoms with Crippen LogP contribution in [0, 0.1) is 34.5 Å². The van der Waals surface area contributed by atoms with E-state index >= 15 is 0 Å². The summed E-state index contributed by atoms with van der Waals surface area (Å²) in [5.74, 6) is 2.35. The van der Waals surface area contributed by atoms with E-state index in [1.165, 1.54) is 58.0 Å². The third kappa shape index (κ3) is 4.45. The Balaban J connectivity index is 0.00000289. The number of likely N-dealkylation sites (tertiary alicyclic amines) is 2. The van der Waals surface area contributed by atoms with Crippen molar-refractivity contribution in [3.63, 3.8) is 0 Å². The van der Waals surface area contributed by atoms with Crippen LogP contribution in [0.25, 0.3) is 0 Å². The smallest absolute Gasteiger partial charge is 0.170 e. The van der Waals surface area contributed by atoms with Gasteiger partial charge in [-0.25, -0.2) is 0 Å². The molecule has 0 radical (unpaired) electrons. The minimum Gasteiger partial charge on any atom is -1.00 e. The number of halogens is 1. The van der Waals surface area contributed by atoms with Crippen LogP contribution in [0.1, 0.15) is 84.5 Å². The van der Waals surface area contributed by atoms with E-state index in [1.807, 2.05) is 0 Å². The Morgan fingerprint density at radius 2 is 1.62 bits per heavy atom. The molecule has 2 N–H and O–H groups in total. The molecular weight excluding hydrogens is 568 g/mol. The lowest BCUT2D eigenvalue weighted by Gasteiger charge is -2.62. The minimum atomic E-state index is -0.354. The SMILES string of the molecule is C=CC[N+]1([C@H]2C[C@H]3[C@@H]4CC[C@H]5C[C@H](O)[C@@H](N6CCC7(CC6)OCCO7)C[C@]5(C)[C@H]4CC[C@]3(C)[C@H]2O)CCCC1.[Br-]. The quantitative estimate of drug-likeness (QED) is 0.366. The first-order valence-electron chi connectivity index (χ1n) is 16.6. The van der Waals surface area contributed by atoms with Crippen LogP contribution in [0.2, 0.25) is 0 Å². The molecule has 7 aliphatic rings. The highest BCUT2D eigenvalue weighted by atomic mass is 79.9. The number of ether oxygens (including phenoxy) is 2. The fraction of sp³-hybridized carbons (Fsp3) is 0.939. The number of hydrogen-bond donors (Lipinski definition) is 2. The lowest BCUT2D eigenvalue weighted by molar-refractivity contribution is -0.938. The Labute approximate surface area is 253 Å². The van der Waals surface area contributed by atoms with E-state index in [1.54, 1.807) is 0 Å². The van der Waals surface area contributed by atoms with Crippen LogP contribution >= 0.6 is 0 Å². The fourth-order valence-corrected chi connectivity index (χ4v) is 12.0. The molecule has 0 aromatic heterocycles. The monoisotopic (exact) mass is 622 g/mol. The van der Waals surface area contributed by atoms with Gasteiger partial charge in [-0.15, -0.1) is 0 Å². The highest BCUT2D eigenvalue weighted by Gasteiger charge is 2.66. The van der Waals surface area contributed by atoms with E-state index < -0.39 is 0 Å². The number of piperidine rings is 1. The van der Waals surface area contributed by atoms with Crippen molar-refractivity contribution in [3.05, 3.63) is 12.7 Å². The van der Waals surface area contributed by atoms with Gasteiger partial charge in [-0.3, -0.25) is 4.90 Å². The molecule has 3 heterocycles. The summed E-state index contributed by atoms with van der Waals surface area (Å²) in [4.78, 5) is 2.59. The summed E-state index contributed by atoms with van der Waals surface area (Å²) in [6, 6.07) is 0.636. The molecule has 7 rings (SSSR count). The van der Waals surface area contributed by atoms with Gasteiger partial charge in [-0.2, -0.15) is 0 Å². The predicted octanol–water partition coefficient (Wildman–Crippen LogP) is 1.35. The van der Waals surface area contributed by atoms with Crippen molar-refractivity contribution in [1.82, 2.24) is 4.90 Å². The summed E-state index contributed by atoms with van der Waals surface area (Å²) in [6.45, 7) is 16.0. The molecular formula is C33H55BrN2O4. The van der Waals surface area contributed by atoms with Crippen molar-refractivity contribution in [2.24, 2.45) is 34.5 Å². The number of rotatable bonds is 4. The summed E-state index contributed by atoms with van der Waals surface area (Å²) < 4.78 is 13.1. The van der Waals surface area contributed by atoms with Crippen LogP contribution in [-0.4, -0.2) is 95.6 Å². The lowest BCUT2D eigenvalue weighted by atomic mass is 9.44. The van der Waals surface area contributed by atoms with Crippen molar-refractivity contribution < 1.29 is 41.2 Å². The number of aliphatic hydroxyl groups excluding tert-OH is 2. The summed E-state index contributed by atoms with van der Waals surface area (Å²) in [6.07, 6.45) is 14.4. The highest BCUT2D eigenvalue weighted by molar-refractivity contribution is 5.13. The predicted molar refractivity (Wildman–Crippen MR) is 152 cm³/mol. The molecule has 4 saturated carbocycles. The van der Waals surface area contributed by atoms with Crippen LogP contribution in [0.5, 0.6) is 0 Å². The maximum atomic E-state index is 12.0. The first-order valence-corrected chi connectivity index (χ1v) is 16.6. The van der Waals surface area contributed by atoms with Crippen LogP contribution in [0.15, 0.2) is 12.7 Å². The van der Waals surface area contributed by atoms with Gasteiger partial charge in [0.25, 0.3) is 0 Å². The van der Waals surface area contributed by atoms with Crippen LogP contribution in [0.4, 0.5) is 0 Å². The maximum absolute atomic E-state index is 12.0. The molecule has 4 aliphatic carbocycles. The zero-order valence-corrected chi connectivity index (χ0v) is 26.7. The van der Waals surface area contributed by atoms with Crippen molar-refractivity contribution in [1.29, 1.82) is 0 Å². The van der Waals surface area contributed by atoms with E-state index in [0.717, 1.165) is 74.9 Å². The molecule has 0 bridgehead atoms. The molecule has 10 atom stereocenters. The van der Waals surface area contributed by atoms with Gasteiger partial charge < -0.3 is 41.2 Å². The van der Waals surface area contributed by atoms with E-state index in [-0.39, 0.29) is 51.8 Å². The zero-order chi connectivity index (χ0) is 27.0. The second-order valence-corrected chi connectivity index (χ2v) is 15.5. The molecule has 228 valence electrons. The Kier molecular flexibility index (Phi) is 8.15. The molecule has 3 saturated heterocycles. The summed E-state index contributed by atoms with van der Waals surface area (Å²) >= 11 is 0. The highest BCUT2D eigenvalue weighted by Crippen LogP contribution is 2.67. The van der Waals surface area contributed by atoms with Crippen molar-refractivity contribution in [2.75, 3.05) is 45.9 Å². The van der Waals surface area contributed by atoms with Gasteiger partial charge in [-0.05, 0) is 73.7 Å². The van der Waals surface area contributed by atoms with E-state index in [9.17, 15) is 10.2 Å². The molecule has 6 nitrogen and oxygen atoms in total. The van der Waals surface area contributed by atoms with Crippen molar-refractivity contribution >= 4 is 0 Å². The number of aliphatic hydroxyl groups is 2. The standard InChI is InChI=1S/C33H55N2O4.BrH/c1-4-15-35(16-5-6-17-35)28-21-26-24-8-7-23-20-29(36)27(34-13-11-33(12-14-34)38-18-19-39-33)22-32(23,3)25(24)9-10-31(26,2)30(28)37;/h4,23-30,36-37H,1,5-22H2,2-3H3;1H/q+1;/p-1/t23-,24+,25-,26-,27-,28-,29-,30-,31-,32-;/m0./s1. The van der Waals surface area contributed by atoms with Gasteiger partial charge in [0.2, 0.25) is 0 Å². The second kappa shape index (κ2) is 10.9. The fourth-order valence-electron chi connectivity index (χ4n) is 12.0. The van der Waals surface area contributed by atoms with Gasteiger partial charge >= 0.3 is 0 Å². The van der Waals surface area contributed by atoms with Crippen molar-refractivity contribution in [3.8, 4) is 0 Å². The van der Waals surface area contributed by atoms with E-state index in [2.05, 4.69) is 31.4 Å². The Hall–Kier alpha value is -0.0200. The number of hydrogen-bond acceptors (Lipinski definition) is 5. The molecule has 0 aromatic carbocycles. The third-order valence-corrected chi connectivity index (χ3v) is 14.2. The first-order chi connectivity index (χ1) is 18.7. The zero-order valence-electron chi connectivity index (χ0n) is 25.1. The Bertz CT molecular complexity index is 927. The average molecular weight is 624 g/mol. The molecule has 0 unspecified atom stereocenters. The molecule has 40 heavy (non-hydrogen) atoms. The van der Waals surface area contributed by atoms with Crippen LogP contribution < -0.4 is 17.0 Å². The largest absolute Gasteiger partial charge is 1.00 e. The second-order valence-electron chi connectivity index (χ2n) is 15.5. The number of fused-ring (bicyclic) bond motifs is 5. The van der Waals surface area contributed by atoms with Gasteiger partial charge in [0.15, 0.2) is 5.79 Å². The van der Waals surface area contributed by atoms with Gasteiger partial charge in [0, 0.05) is 56.7 Å². The maximum Gasteiger partial charge on any atom is 0.170 e. The number of nitrogens with zero attached hydrogens (tertiary/aromatic N) is 2. The number of quaternary nitrogens is 1. The molecule has 0 aromatic rings. The molecule has 7 fully saturated rings. The summed E-state index contributed by atoms with van der Waals surface area (Å²) in [5, 5.41) is 23.4. The Morgan fingerprint density at radius 3 is 2.30 bits per heavy atom. The minimum absolute atomic E-state index is 0. The molecule has 0 amide bonds. The Morgan fingerprint density at radius 1 is 0.925 bits per heavy atom. The lowest BCUT2D eigenvalue weighted by Crippen LogP contribution is -3.00. The molecule has 1 spiro atoms. The van der Waals surface area contributed by atoms with Gasteiger partial charge in [0.1, 0.15) is 12.1 Å². The van der Waals surface area contributed by atoms with Gasteiger partial charge in [-0.1, -0.05) is 20.4 Å². The third-order valence-electron chi connectivity index (χ3n) is 14.2. The van der Waals surface area contributed by atoms with Crippen LogP contribution in [-0.2, 0) is 9.47 Å².